The standard InChI is InChI=1S/C19H24ClN5O2/c1-4-21-19(26)25-8-7-24(11-14(25)3)17-10-18(23-12-22-17)27-16-9-13(2)5-6-15(16)20/h5-6,9-10,12,14H,4,7-8,11H2,1-3H3,(H,21,26)/t14-/m1/s1. The van der Waals surface area contributed by atoms with Gasteiger partial charge in [0.25, 0.3) is 0 Å². The number of aryl methyl sites for hydroxylation is 1. The number of aromatic nitrogens is 2. The Kier molecular flexibility index (Phi) is 6.01. The molecule has 3 rings (SSSR count). The van der Waals surface area contributed by atoms with Gasteiger partial charge in [-0.2, -0.15) is 0 Å². The van der Waals surface area contributed by atoms with Gasteiger partial charge >= 0.3 is 6.03 Å². The van der Waals surface area contributed by atoms with E-state index in [-0.39, 0.29) is 12.1 Å². The lowest BCUT2D eigenvalue weighted by molar-refractivity contribution is 0.172. The second-order valence-corrected chi connectivity index (χ2v) is 6.98. The Hall–Kier alpha value is -2.54. The topological polar surface area (TPSA) is 70.6 Å². The molecule has 1 N–H and O–H groups in total. The lowest BCUT2D eigenvalue weighted by Gasteiger charge is -2.40. The molecule has 144 valence electrons. The third-order valence-corrected chi connectivity index (χ3v) is 4.78. The van der Waals surface area contributed by atoms with Crippen LogP contribution in [0.2, 0.25) is 5.02 Å². The second-order valence-electron chi connectivity index (χ2n) is 6.57. The number of amides is 2. The molecule has 2 heterocycles. The number of carbonyl (C=O) groups excluding carboxylic acids is 1. The molecule has 1 fully saturated rings. The van der Waals surface area contributed by atoms with Crippen molar-refractivity contribution in [3.05, 3.63) is 41.2 Å². The van der Waals surface area contributed by atoms with Gasteiger partial charge in [-0.15, -0.1) is 0 Å². The monoisotopic (exact) mass is 389 g/mol. The first kappa shape index (κ1) is 19.2. The molecule has 8 heteroatoms. The molecule has 0 radical (unpaired) electrons. The van der Waals surface area contributed by atoms with E-state index in [4.69, 9.17) is 16.3 Å². The molecule has 1 aliphatic rings. The molecular weight excluding hydrogens is 366 g/mol. The number of anilines is 1. The average molecular weight is 390 g/mol. The number of urea groups is 1. The smallest absolute Gasteiger partial charge is 0.317 e. The summed E-state index contributed by atoms with van der Waals surface area (Å²) in [5, 5.41) is 3.39. The molecule has 1 saturated heterocycles. The van der Waals surface area contributed by atoms with E-state index in [9.17, 15) is 4.79 Å². The van der Waals surface area contributed by atoms with Crippen LogP contribution in [0.1, 0.15) is 19.4 Å². The maximum absolute atomic E-state index is 12.1. The molecule has 27 heavy (non-hydrogen) atoms. The molecule has 1 aromatic heterocycles. The van der Waals surface area contributed by atoms with E-state index in [0.717, 1.165) is 11.4 Å². The van der Waals surface area contributed by atoms with E-state index >= 15 is 0 Å². The van der Waals surface area contributed by atoms with Crippen LogP contribution in [0.3, 0.4) is 0 Å². The number of hydrogen-bond donors (Lipinski definition) is 1. The fraction of sp³-hybridized carbons (Fsp3) is 0.421. The van der Waals surface area contributed by atoms with Crippen molar-refractivity contribution < 1.29 is 9.53 Å². The van der Waals surface area contributed by atoms with Crippen LogP contribution >= 0.6 is 11.6 Å². The Morgan fingerprint density at radius 3 is 2.89 bits per heavy atom. The van der Waals surface area contributed by atoms with Crippen molar-refractivity contribution in [2.24, 2.45) is 0 Å². The van der Waals surface area contributed by atoms with Crippen LogP contribution in [0.15, 0.2) is 30.6 Å². The summed E-state index contributed by atoms with van der Waals surface area (Å²) in [6, 6.07) is 7.46. The van der Waals surface area contributed by atoms with Crippen LogP contribution in [0.4, 0.5) is 10.6 Å². The van der Waals surface area contributed by atoms with Gasteiger partial charge in [-0.3, -0.25) is 0 Å². The summed E-state index contributed by atoms with van der Waals surface area (Å²) < 4.78 is 5.86. The zero-order chi connectivity index (χ0) is 19.4. The first-order valence-electron chi connectivity index (χ1n) is 9.03. The maximum atomic E-state index is 12.1. The molecule has 1 aromatic carbocycles. The summed E-state index contributed by atoms with van der Waals surface area (Å²) in [5.74, 6) is 1.77. The summed E-state index contributed by atoms with van der Waals surface area (Å²) in [5.41, 5.74) is 1.05. The van der Waals surface area contributed by atoms with Gasteiger partial charge in [-0.1, -0.05) is 17.7 Å². The number of piperazine rings is 1. The van der Waals surface area contributed by atoms with Crippen LogP contribution in [0.25, 0.3) is 0 Å². The van der Waals surface area contributed by atoms with Crippen LogP contribution in [-0.2, 0) is 0 Å². The third-order valence-electron chi connectivity index (χ3n) is 4.47. The number of nitrogens with zero attached hydrogens (tertiary/aromatic N) is 4. The summed E-state index contributed by atoms with van der Waals surface area (Å²) >= 11 is 6.20. The van der Waals surface area contributed by atoms with Crippen molar-refractivity contribution in [2.75, 3.05) is 31.1 Å². The minimum Gasteiger partial charge on any atom is -0.437 e. The van der Waals surface area contributed by atoms with Crippen molar-refractivity contribution in [3.8, 4) is 11.6 Å². The highest BCUT2D eigenvalue weighted by Gasteiger charge is 2.28. The van der Waals surface area contributed by atoms with Gasteiger partial charge in [0.15, 0.2) is 0 Å². The van der Waals surface area contributed by atoms with E-state index < -0.39 is 0 Å². The Balaban J connectivity index is 1.71. The van der Waals surface area contributed by atoms with Gasteiger partial charge in [0, 0.05) is 38.3 Å². The van der Waals surface area contributed by atoms with Crippen molar-refractivity contribution in [1.82, 2.24) is 20.2 Å². The lowest BCUT2D eigenvalue weighted by Crippen LogP contribution is -2.56. The number of halogens is 1. The van der Waals surface area contributed by atoms with E-state index in [1.54, 1.807) is 12.1 Å². The molecular formula is C19H24ClN5O2. The second kappa shape index (κ2) is 8.43. The quantitative estimate of drug-likeness (QED) is 0.866. The van der Waals surface area contributed by atoms with E-state index in [1.165, 1.54) is 6.33 Å². The fourth-order valence-electron chi connectivity index (χ4n) is 3.08. The van der Waals surface area contributed by atoms with Gasteiger partial charge in [0.05, 0.1) is 5.02 Å². The highest BCUT2D eigenvalue weighted by molar-refractivity contribution is 6.32. The van der Waals surface area contributed by atoms with Crippen molar-refractivity contribution in [3.63, 3.8) is 0 Å². The Morgan fingerprint density at radius 1 is 1.33 bits per heavy atom. The van der Waals surface area contributed by atoms with Gasteiger partial charge in [-0.05, 0) is 38.5 Å². The maximum Gasteiger partial charge on any atom is 0.317 e. The zero-order valence-electron chi connectivity index (χ0n) is 15.8. The molecule has 2 amide bonds. The Labute approximate surface area is 164 Å². The lowest BCUT2D eigenvalue weighted by atomic mass is 10.2. The van der Waals surface area contributed by atoms with Gasteiger partial charge in [0.2, 0.25) is 5.88 Å². The molecule has 2 aromatic rings. The van der Waals surface area contributed by atoms with Gasteiger partial charge in [-0.25, -0.2) is 14.8 Å². The highest BCUT2D eigenvalue weighted by atomic mass is 35.5. The van der Waals surface area contributed by atoms with Crippen molar-refractivity contribution in [1.29, 1.82) is 0 Å². The van der Waals surface area contributed by atoms with Crippen LogP contribution in [0.5, 0.6) is 11.6 Å². The summed E-state index contributed by atoms with van der Waals surface area (Å²) in [6.07, 6.45) is 1.48. The highest BCUT2D eigenvalue weighted by Crippen LogP contribution is 2.30. The van der Waals surface area contributed by atoms with Gasteiger partial charge in [0.1, 0.15) is 17.9 Å². The summed E-state index contributed by atoms with van der Waals surface area (Å²) in [7, 11) is 0. The van der Waals surface area contributed by atoms with Gasteiger partial charge < -0.3 is 19.9 Å². The Morgan fingerprint density at radius 2 is 2.15 bits per heavy atom. The molecule has 0 saturated carbocycles. The minimum absolute atomic E-state index is 0.0227. The van der Waals surface area contributed by atoms with Crippen LogP contribution < -0.4 is 15.0 Å². The zero-order valence-corrected chi connectivity index (χ0v) is 16.5. The summed E-state index contributed by atoms with van der Waals surface area (Å²) in [6.45, 7) is 8.58. The fourth-order valence-corrected chi connectivity index (χ4v) is 3.24. The SMILES string of the molecule is CCNC(=O)N1CCN(c2cc(Oc3cc(C)ccc3Cl)ncn2)C[C@H]1C. The minimum atomic E-state index is -0.0227. The molecule has 0 aliphatic carbocycles. The van der Waals surface area contributed by atoms with E-state index in [2.05, 4.69) is 20.2 Å². The largest absolute Gasteiger partial charge is 0.437 e. The normalized spacial score (nSPS) is 17.0. The van der Waals surface area contributed by atoms with E-state index in [0.29, 0.717) is 42.8 Å². The van der Waals surface area contributed by atoms with Crippen molar-refractivity contribution >= 4 is 23.4 Å². The molecule has 0 bridgehead atoms. The number of nitrogens with one attached hydrogen (secondary N) is 1. The molecule has 0 spiro atoms. The number of rotatable bonds is 4. The van der Waals surface area contributed by atoms with Crippen LogP contribution in [-0.4, -0.2) is 53.1 Å². The molecule has 7 nitrogen and oxygen atoms in total. The number of ether oxygens (including phenoxy) is 1. The molecule has 1 aliphatic heterocycles. The van der Waals surface area contributed by atoms with E-state index in [1.807, 2.05) is 37.8 Å². The average Bonchev–Trinajstić information content (AvgIpc) is 2.65. The number of benzene rings is 1. The summed E-state index contributed by atoms with van der Waals surface area (Å²) in [4.78, 5) is 24.7. The number of hydrogen-bond acceptors (Lipinski definition) is 5. The molecule has 0 unspecified atom stereocenters. The Bertz CT molecular complexity index is 816. The predicted molar refractivity (Wildman–Crippen MR) is 106 cm³/mol. The predicted octanol–water partition coefficient (Wildman–Crippen LogP) is 3.47. The first-order chi connectivity index (χ1) is 13.0. The first-order valence-corrected chi connectivity index (χ1v) is 9.41. The molecule has 1 atom stereocenters. The van der Waals surface area contributed by atoms with Crippen LogP contribution in [0, 0.1) is 6.92 Å². The number of carbonyl (C=O) groups is 1. The van der Waals surface area contributed by atoms with Crippen molar-refractivity contribution in [2.45, 2.75) is 26.8 Å². The third kappa shape index (κ3) is 4.60.